The third-order valence-corrected chi connectivity index (χ3v) is 6.54. The number of hydrogen-bond acceptors (Lipinski definition) is 7. The smallest absolute Gasteiger partial charge is 0.328 e. The lowest BCUT2D eigenvalue weighted by Gasteiger charge is -2.36. The van der Waals surface area contributed by atoms with E-state index in [-0.39, 0.29) is 11.4 Å². The fraction of sp³-hybridized carbons (Fsp3) is 0.320. The monoisotopic (exact) mass is 479 g/mol. The van der Waals surface area contributed by atoms with Crippen LogP contribution in [0, 0.1) is 6.92 Å². The molecule has 4 aromatic rings. The Morgan fingerprint density at radius 1 is 1.03 bits per heavy atom. The summed E-state index contributed by atoms with van der Waals surface area (Å²) in [7, 11) is 1.68. The average Bonchev–Trinajstić information content (AvgIpc) is 3.29. The van der Waals surface area contributed by atoms with Gasteiger partial charge in [-0.25, -0.2) is 0 Å². The minimum Gasteiger partial charge on any atom is -0.497 e. The second-order valence-electron chi connectivity index (χ2n) is 8.37. The molecule has 2 aromatic carbocycles. The lowest BCUT2D eigenvalue weighted by molar-refractivity contribution is 0.260. The summed E-state index contributed by atoms with van der Waals surface area (Å²) >= 11 is 5.96. The Kier molecular flexibility index (Phi) is 6.26. The van der Waals surface area contributed by atoms with Crippen molar-refractivity contribution in [3.8, 4) is 17.2 Å². The number of methoxy groups -OCH3 is 1. The lowest BCUT2D eigenvalue weighted by atomic mass is 10.1. The number of nitrogens with zero attached hydrogens (tertiary/aromatic N) is 5. The zero-order valence-electron chi connectivity index (χ0n) is 19.2. The molecule has 0 unspecified atom stereocenters. The van der Waals surface area contributed by atoms with Crippen LogP contribution in [0.25, 0.3) is 17.3 Å². The van der Waals surface area contributed by atoms with E-state index >= 15 is 0 Å². The third kappa shape index (κ3) is 4.51. The van der Waals surface area contributed by atoms with E-state index in [0.717, 1.165) is 44.0 Å². The molecule has 5 rings (SSSR count). The largest absolute Gasteiger partial charge is 0.497 e. The van der Waals surface area contributed by atoms with Gasteiger partial charge >= 0.3 is 5.84 Å². The molecule has 3 heterocycles. The van der Waals surface area contributed by atoms with Crippen molar-refractivity contribution < 1.29 is 9.15 Å². The van der Waals surface area contributed by atoms with Crippen LogP contribution in [-0.4, -0.2) is 59.3 Å². The van der Waals surface area contributed by atoms with E-state index in [9.17, 15) is 4.79 Å². The second-order valence-corrected chi connectivity index (χ2v) is 8.80. The van der Waals surface area contributed by atoms with Gasteiger partial charge in [0.05, 0.1) is 12.8 Å². The van der Waals surface area contributed by atoms with Gasteiger partial charge < -0.3 is 14.1 Å². The summed E-state index contributed by atoms with van der Waals surface area (Å²) in [4.78, 5) is 22.4. The maximum atomic E-state index is 13.2. The Balaban J connectivity index is 1.26. The van der Waals surface area contributed by atoms with Crippen LogP contribution in [0.4, 0.5) is 5.69 Å². The lowest BCUT2D eigenvalue weighted by Crippen LogP contribution is -2.47. The molecule has 0 N–H and O–H groups in total. The van der Waals surface area contributed by atoms with Gasteiger partial charge in [0.15, 0.2) is 0 Å². The molecule has 0 saturated carbocycles. The molecule has 8 nitrogen and oxygen atoms in total. The summed E-state index contributed by atoms with van der Waals surface area (Å²) in [5.74, 6) is 1.40. The van der Waals surface area contributed by atoms with Crippen LogP contribution in [0.5, 0.6) is 5.75 Å². The predicted molar refractivity (Wildman–Crippen MR) is 132 cm³/mol. The van der Waals surface area contributed by atoms with Crippen LogP contribution in [0.15, 0.2) is 57.7 Å². The van der Waals surface area contributed by atoms with Gasteiger partial charge in [0.1, 0.15) is 5.75 Å². The Labute approximate surface area is 202 Å². The number of halogens is 1. The van der Waals surface area contributed by atoms with Gasteiger partial charge in [-0.2, -0.15) is 4.98 Å². The molecule has 0 radical (unpaired) electrons. The standard InChI is InChI=1S/C25H26ClN5O3/c1-17-22(11-12-29-13-15-30(16-14-29)20-7-9-21(33-2)10-8-20)24(32)31-25(27-17)34-23(28-31)18-3-5-19(26)6-4-18/h3-10H,11-16H2,1-2H3. The fourth-order valence-electron chi connectivity index (χ4n) is 4.27. The van der Waals surface area contributed by atoms with Crippen molar-refractivity contribution in [3.63, 3.8) is 0 Å². The van der Waals surface area contributed by atoms with E-state index in [1.165, 1.54) is 10.2 Å². The van der Waals surface area contributed by atoms with Gasteiger partial charge in [0.25, 0.3) is 5.56 Å². The number of aryl methyl sites for hydroxylation is 1. The molecule has 2 aromatic heterocycles. The molecule has 9 heteroatoms. The molecular formula is C25H26ClN5O3. The average molecular weight is 480 g/mol. The molecule has 1 fully saturated rings. The summed E-state index contributed by atoms with van der Waals surface area (Å²) in [5.41, 5.74) is 3.12. The first-order chi connectivity index (χ1) is 16.5. The zero-order chi connectivity index (χ0) is 23.7. The molecule has 0 amide bonds. The van der Waals surface area contributed by atoms with Crippen LogP contribution in [-0.2, 0) is 6.42 Å². The van der Waals surface area contributed by atoms with Gasteiger partial charge in [0, 0.05) is 54.6 Å². The number of hydrogen-bond donors (Lipinski definition) is 0. The Morgan fingerprint density at radius 2 is 1.74 bits per heavy atom. The van der Waals surface area contributed by atoms with E-state index in [2.05, 4.69) is 32.0 Å². The van der Waals surface area contributed by atoms with Gasteiger partial charge in [-0.3, -0.25) is 9.69 Å². The minimum absolute atomic E-state index is 0.177. The molecule has 0 bridgehead atoms. The van der Waals surface area contributed by atoms with Crippen molar-refractivity contribution >= 4 is 23.1 Å². The SMILES string of the molecule is COc1ccc(N2CCN(CCc3c(C)nc4oc(-c5ccc(Cl)cc5)nn4c3=O)CC2)cc1. The number of rotatable bonds is 6. The first kappa shape index (κ1) is 22.4. The van der Waals surface area contributed by atoms with Gasteiger partial charge in [0.2, 0.25) is 5.89 Å². The van der Waals surface area contributed by atoms with Crippen LogP contribution in [0.2, 0.25) is 5.02 Å². The van der Waals surface area contributed by atoms with E-state index in [0.29, 0.717) is 28.6 Å². The molecule has 0 aliphatic carbocycles. The number of aromatic nitrogens is 3. The van der Waals surface area contributed by atoms with Gasteiger partial charge in [-0.15, -0.1) is 9.61 Å². The van der Waals surface area contributed by atoms with Crippen molar-refractivity contribution in [3.05, 3.63) is 75.2 Å². The maximum Gasteiger partial charge on any atom is 0.328 e. The number of piperazine rings is 1. The summed E-state index contributed by atoms with van der Waals surface area (Å²) in [6, 6.07) is 15.3. The highest BCUT2D eigenvalue weighted by Crippen LogP contribution is 2.22. The molecule has 176 valence electrons. The van der Waals surface area contributed by atoms with Gasteiger partial charge in [-0.1, -0.05) is 11.6 Å². The second kappa shape index (κ2) is 9.48. The number of fused-ring (bicyclic) bond motifs is 1. The molecule has 34 heavy (non-hydrogen) atoms. The normalized spacial score (nSPS) is 14.6. The summed E-state index contributed by atoms with van der Waals surface area (Å²) in [5, 5.41) is 4.99. The van der Waals surface area contributed by atoms with Gasteiger partial charge in [-0.05, 0) is 61.9 Å². The quantitative estimate of drug-likeness (QED) is 0.417. The molecule has 0 spiro atoms. The fourth-order valence-corrected chi connectivity index (χ4v) is 4.40. The molecule has 0 atom stereocenters. The van der Waals surface area contributed by atoms with Crippen molar-refractivity contribution in [1.29, 1.82) is 0 Å². The number of anilines is 1. The van der Waals surface area contributed by atoms with E-state index in [1.54, 1.807) is 31.4 Å². The van der Waals surface area contributed by atoms with Crippen LogP contribution in [0.1, 0.15) is 11.3 Å². The highest BCUT2D eigenvalue weighted by atomic mass is 35.5. The summed E-state index contributed by atoms with van der Waals surface area (Å²) in [6.45, 7) is 6.40. The first-order valence-electron chi connectivity index (χ1n) is 11.3. The van der Waals surface area contributed by atoms with Crippen molar-refractivity contribution in [1.82, 2.24) is 19.5 Å². The van der Waals surface area contributed by atoms with E-state index < -0.39 is 0 Å². The summed E-state index contributed by atoms with van der Waals surface area (Å²) < 4.78 is 12.3. The molecular weight excluding hydrogens is 454 g/mol. The molecule has 1 aliphatic heterocycles. The highest BCUT2D eigenvalue weighted by Gasteiger charge is 2.20. The highest BCUT2D eigenvalue weighted by molar-refractivity contribution is 6.30. The van der Waals surface area contributed by atoms with Crippen LogP contribution in [0.3, 0.4) is 0 Å². The maximum absolute atomic E-state index is 13.2. The van der Waals surface area contributed by atoms with E-state index in [1.807, 2.05) is 19.1 Å². The van der Waals surface area contributed by atoms with Crippen LogP contribution >= 0.6 is 11.6 Å². The van der Waals surface area contributed by atoms with Crippen LogP contribution < -0.4 is 15.2 Å². The van der Waals surface area contributed by atoms with Crippen molar-refractivity contribution in [2.45, 2.75) is 13.3 Å². The number of benzene rings is 2. The molecule has 1 saturated heterocycles. The van der Waals surface area contributed by atoms with Crippen molar-refractivity contribution in [2.24, 2.45) is 0 Å². The molecule has 1 aliphatic rings. The number of ether oxygens (including phenoxy) is 1. The van der Waals surface area contributed by atoms with Crippen molar-refractivity contribution in [2.75, 3.05) is 44.7 Å². The van der Waals surface area contributed by atoms with E-state index in [4.69, 9.17) is 20.8 Å². The predicted octanol–water partition coefficient (Wildman–Crippen LogP) is 3.68. The third-order valence-electron chi connectivity index (χ3n) is 6.29. The topological polar surface area (TPSA) is 76.1 Å². The summed E-state index contributed by atoms with van der Waals surface area (Å²) in [6.07, 6.45) is 0.617. The first-order valence-corrected chi connectivity index (χ1v) is 11.7. The Bertz CT molecular complexity index is 1340. The minimum atomic E-state index is -0.177. The Morgan fingerprint density at radius 3 is 2.41 bits per heavy atom. The zero-order valence-corrected chi connectivity index (χ0v) is 20.0. The Hall–Kier alpha value is -3.36.